The van der Waals surface area contributed by atoms with Gasteiger partial charge in [0.25, 0.3) is 0 Å². The standard InChI is InChI=1S/C22H25N7O2/c1-28-9-11-29(12-10-28)27-26-17-6-3-15(4-7-17)18-14-19(25-22(23)24-18)16-5-8-21(31-2)20(30)13-16/h3-8,13-14,30H,9-12H2,1-2H3,(H2,23,24,25). The SMILES string of the molecule is COc1ccc(-c2cc(-c3ccc(N=NN4CCN(C)CC4)cc3)nc(N)n2)cc1O. The first kappa shape index (κ1) is 20.5. The number of rotatable bonds is 5. The smallest absolute Gasteiger partial charge is 0.221 e. The summed E-state index contributed by atoms with van der Waals surface area (Å²) in [5, 5.41) is 20.7. The van der Waals surface area contributed by atoms with Gasteiger partial charge in [0.1, 0.15) is 0 Å². The molecule has 4 rings (SSSR count). The average molecular weight is 419 g/mol. The second-order valence-electron chi connectivity index (χ2n) is 7.38. The van der Waals surface area contributed by atoms with Gasteiger partial charge in [-0.2, -0.15) is 0 Å². The van der Waals surface area contributed by atoms with Crippen molar-refractivity contribution in [2.75, 3.05) is 46.1 Å². The predicted molar refractivity (Wildman–Crippen MR) is 119 cm³/mol. The highest BCUT2D eigenvalue weighted by Crippen LogP contribution is 2.32. The Hall–Kier alpha value is -3.72. The topological polar surface area (TPSA) is 112 Å². The number of nitrogens with zero attached hydrogens (tertiary/aromatic N) is 6. The summed E-state index contributed by atoms with van der Waals surface area (Å²) in [5.41, 5.74) is 9.60. The summed E-state index contributed by atoms with van der Waals surface area (Å²) in [6.07, 6.45) is 0. The Bertz CT molecular complexity index is 1080. The van der Waals surface area contributed by atoms with Gasteiger partial charge in [-0.05, 0) is 43.4 Å². The molecule has 3 aromatic rings. The van der Waals surface area contributed by atoms with Gasteiger partial charge in [-0.25, -0.2) is 9.97 Å². The monoisotopic (exact) mass is 419 g/mol. The Kier molecular flexibility index (Phi) is 5.94. The number of aromatic hydroxyl groups is 1. The van der Waals surface area contributed by atoms with E-state index in [4.69, 9.17) is 10.5 Å². The van der Waals surface area contributed by atoms with E-state index in [1.54, 1.807) is 12.1 Å². The molecule has 0 bridgehead atoms. The van der Waals surface area contributed by atoms with Gasteiger partial charge in [-0.15, -0.1) is 5.11 Å². The van der Waals surface area contributed by atoms with E-state index in [2.05, 4.69) is 32.3 Å². The Morgan fingerprint density at radius 1 is 0.935 bits per heavy atom. The van der Waals surface area contributed by atoms with Crippen LogP contribution < -0.4 is 10.5 Å². The van der Waals surface area contributed by atoms with E-state index in [0.717, 1.165) is 37.4 Å². The van der Waals surface area contributed by atoms with Gasteiger partial charge in [0, 0.05) is 24.2 Å². The van der Waals surface area contributed by atoms with Crippen LogP contribution in [0, 0.1) is 0 Å². The van der Waals surface area contributed by atoms with Crippen LogP contribution in [0.2, 0.25) is 0 Å². The predicted octanol–water partition coefficient (Wildman–Crippen LogP) is 3.35. The molecule has 1 saturated heterocycles. The largest absolute Gasteiger partial charge is 0.504 e. The van der Waals surface area contributed by atoms with Crippen molar-refractivity contribution in [1.29, 1.82) is 0 Å². The summed E-state index contributed by atoms with van der Waals surface area (Å²) >= 11 is 0. The number of piperazine rings is 1. The first-order valence-corrected chi connectivity index (χ1v) is 9.99. The van der Waals surface area contributed by atoms with Crippen molar-refractivity contribution in [3.8, 4) is 34.0 Å². The molecule has 0 aliphatic carbocycles. The fraction of sp³-hybridized carbons (Fsp3) is 0.273. The van der Waals surface area contributed by atoms with Gasteiger partial charge in [0.15, 0.2) is 11.5 Å². The molecule has 0 radical (unpaired) electrons. The normalized spacial score (nSPS) is 14.8. The van der Waals surface area contributed by atoms with Crippen LogP contribution in [0.3, 0.4) is 0 Å². The van der Waals surface area contributed by atoms with E-state index < -0.39 is 0 Å². The molecular formula is C22H25N7O2. The van der Waals surface area contributed by atoms with Gasteiger partial charge in [0.2, 0.25) is 5.95 Å². The van der Waals surface area contributed by atoms with Crippen molar-refractivity contribution in [1.82, 2.24) is 19.9 Å². The number of phenols is 1. The zero-order valence-corrected chi connectivity index (χ0v) is 17.6. The van der Waals surface area contributed by atoms with Gasteiger partial charge >= 0.3 is 0 Å². The van der Waals surface area contributed by atoms with E-state index >= 15 is 0 Å². The Morgan fingerprint density at radius 3 is 2.23 bits per heavy atom. The van der Waals surface area contributed by atoms with Gasteiger partial charge < -0.3 is 20.5 Å². The third-order valence-electron chi connectivity index (χ3n) is 5.15. The maximum Gasteiger partial charge on any atom is 0.221 e. The fourth-order valence-corrected chi connectivity index (χ4v) is 3.31. The summed E-state index contributed by atoms with van der Waals surface area (Å²) in [7, 11) is 3.61. The summed E-state index contributed by atoms with van der Waals surface area (Å²) < 4.78 is 5.10. The molecule has 1 fully saturated rings. The molecule has 1 aliphatic rings. The van der Waals surface area contributed by atoms with E-state index in [1.807, 2.05) is 41.4 Å². The first-order chi connectivity index (χ1) is 15.0. The number of ether oxygens (including phenoxy) is 1. The lowest BCUT2D eigenvalue weighted by Gasteiger charge is -2.29. The third kappa shape index (κ3) is 4.89. The van der Waals surface area contributed by atoms with Crippen LogP contribution in [0.4, 0.5) is 11.6 Å². The number of hydrogen-bond acceptors (Lipinski definition) is 8. The van der Waals surface area contributed by atoms with Crippen LogP contribution in [0.1, 0.15) is 0 Å². The van der Waals surface area contributed by atoms with Crippen LogP contribution in [0.5, 0.6) is 11.5 Å². The molecule has 3 N–H and O–H groups in total. The Morgan fingerprint density at radius 2 is 1.58 bits per heavy atom. The van der Waals surface area contributed by atoms with E-state index in [0.29, 0.717) is 22.7 Å². The number of aromatic nitrogens is 2. The summed E-state index contributed by atoms with van der Waals surface area (Å²) in [6.45, 7) is 3.73. The molecule has 0 unspecified atom stereocenters. The zero-order chi connectivity index (χ0) is 21.8. The highest BCUT2D eigenvalue weighted by atomic mass is 16.5. The second kappa shape index (κ2) is 8.97. The minimum atomic E-state index is 0.0359. The highest BCUT2D eigenvalue weighted by Gasteiger charge is 2.12. The molecule has 2 heterocycles. The molecule has 31 heavy (non-hydrogen) atoms. The number of anilines is 1. The molecule has 1 aromatic heterocycles. The quantitative estimate of drug-likeness (QED) is 0.610. The van der Waals surface area contributed by atoms with E-state index in [-0.39, 0.29) is 11.7 Å². The molecule has 2 aromatic carbocycles. The first-order valence-electron chi connectivity index (χ1n) is 9.99. The van der Waals surface area contributed by atoms with Crippen molar-refractivity contribution in [3.63, 3.8) is 0 Å². The number of benzene rings is 2. The molecule has 1 aliphatic heterocycles. The minimum absolute atomic E-state index is 0.0359. The van der Waals surface area contributed by atoms with Gasteiger partial charge in [-0.1, -0.05) is 17.4 Å². The summed E-state index contributed by atoms with van der Waals surface area (Å²) in [6, 6.07) is 14.6. The van der Waals surface area contributed by atoms with E-state index in [1.165, 1.54) is 7.11 Å². The van der Waals surface area contributed by atoms with Crippen molar-refractivity contribution >= 4 is 11.6 Å². The second-order valence-corrected chi connectivity index (χ2v) is 7.38. The maximum absolute atomic E-state index is 10.1. The van der Waals surface area contributed by atoms with Crippen LogP contribution >= 0.6 is 0 Å². The van der Waals surface area contributed by atoms with Gasteiger partial charge in [0.05, 0.1) is 37.3 Å². The molecular weight excluding hydrogens is 394 g/mol. The lowest BCUT2D eigenvalue weighted by Crippen LogP contribution is -2.41. The van der Waals surface area contributed by atoms with Gasteiger partial charge in [-0.3, -0.25) is 5.01 Å². The van der Waals surface area contributed by atoms with Crippen LogP contribution in [-0.2, 0) is 0 Å². The van der Waals surface area contributed by atoms with Crippen molar-refractivity contribution in [2.45, 2.75) is 0 Å². The fourth-order valence-electron chi connectivity index (χ4n) is 3.31. The van der Waals surface area contributed by atoms with Crippen molar-refractivity contribution in [2.24, 2.45) is 10.3 Å². The molecule has 0 spiro atoms. The highest BCUT2D eigenvalue weighted by molar-refractivity contribution is 5.71. The average Bonchev–Trinajstić information content (AvgIpc) is 2.78. The lowest BCUT2D eigenvalue weighted by atomic mass is 10.1. The molecule has 9 nitrogen and oxygen atoms in total. The summed E-state index contributed by atoms with van der Waals surface area (Å²) in [4.78, 5) is 10.9. The number of nitrogens with two attached hydrogens (primary N) is 1. The van der Waals surface area contributed by atoms with Crippen molar-refractivity contribution in [3.05, 3.63) is 48.5 Å². The minimum Gasteiger partial charge on any atom is -0.504 e. The number of hydrogen-bond donors (Lipinski definition) is 2. The number of nitrogen functional groups attached to an aromatic ring is 1. The number of phenolic OH excluding ortho intramolecular Hbond substituents is 1. The summed E-state index contributed by atoms with van der Waals surface area (Å²) in [5.74, 6) is 0.586. The van der Waals surface area contributed by atoms with E-state index in [9.17, 15) is 5.11 Å². The van der Waals surface area contributed by atoms with Crippen LogP contribution in [0.15, 0.2) is 58.9 Å². The Labute approximate surface area is 180 Å². The van der Waals surface area contributed by atoms with Crippen LogP contribution in [0.25, 0.3) is 22.5 Å². The van der Waals surface area contributed by atoms with Crippen molar-refractivity contribution < 1.29 is 9.84 Å². The number of likely N-dealkylation sites (N-methyl/N-ethyl adjacent to an activating group) is 1. The molecule has 0 saturated carbocycles. The molecule has 160 valence electrons. The molecule has 9 heteroatoms. The molecule has 0 amide bonds. The lowest BCUT2D eigenvalue weighted by molar-refractivity contribution is 0.150. The number of methoxy groups -OCH3 is 1. The maximum atomic E-state index is 10.1. The third-order valence-corrected chi connectivity index (χ3v) is 5.15. The zero-order valence-electron chi connectivity index (χ0n) is 17.6. The Balaban J connectivity index is 1.54. The van der Waals surface area contributed by atoms with Crippen LogP contribution in [-0.4, -0.2) is 65.3 Å². The molecule has 0 atom stereocenters.